The molecule has 0 fully saturated rings. The van der Waals surface area contributed by atoms with Gasteiger partial charge in [-0.1, -0.05) is 0 Å². The van der Waals surface area contributed by atoms with Gasteiger partial charge < -0.3 is 29.5 Å². The van der Waals surface area contributed by atoms with Gasteiger partial charge in [-0.3, -0.25) is 14.4 Å². The maximum Gasteiger partial charge on any atom is 0.308 e. The summed E-state index contributed by atoms with van der Waals surface area (Å²) in [7, 11) is 0. The summed E-state index contributed by atoms with van der Waals surface area (Å²) >= 11 is 0. The van der Waals surface area contributed by atoms with Crippen LogP contribution in [0.25, 0.3) is 0 Å². The Morgan fingerprint density at radius 3 is 1.36 bits per heavy atom. The van der Waals surface area contributed by atoms with E-state index in [1.54, 1.807) is 6.92 Å². The lowest BCUT2D eigenvalue weighted by Gasteiger charge is -2.28. The van der Waals surface area contributed by atoms with Gasteiger partial charge in [0.05, 0.1) is 18.4 Å². The molecular formula is C16H28O9. The third-order valence-corrected chi connectivity index (χ3v) is 3.14. The van der Waals surface area contributed by atoms with E-state index in [1.165, 1.54) is 0 Å². The van der Waals surface area contributed by atoms with Crippen LogP contribution in [0.3, 0.4) is 0 Å². The minimum atomic E-state index is -0.950. The first kappa shape index (κ1) is 23.3. The minimum absolute atomic E-state index is 0.0488. The lowest BCUT2D eigenvalue weighted by molar-refractivity contribution is -0.161. The summed E-state index contributed by atoms with van der Waals surface area (Å²) in [5, 5.41) is 26.1. The Morgan fingerprint density at radius 1 is 0.680 bits per heavy atom. The topological polar surface area (TPSA) is 140 Å². The molecule has 0 aromatic rings. The van der Waals surface area contributed by atoms with Gasteiger partial charge in [0.1, 0.15) is 19.8 Å². The fourth-order valence-electron chi connectivity index (χ4n) is 1.64. The van der Waals surface area contributed by atoms with Crippen molar-refractivity contribution in [2.45, 2.75) is 39.0 Å². The normalized spacial score (nSPS) is 11.0. The number of carbonyl (C=O) groups excluding carboxylic acids is 3. The average molecular weight is 364 g/mol. The summed E-state index contributed by atoms with van der Waals surface area (Å²) < 4.78 is 15.2. The van der Waals surface area contributed by atoms with E-state index in [0.29, 0.717) is 0 Å². The number of aliphatic hydroxyl groups excluding tert-OH is 3. The van der Waals surface area contributed by atoms with Gasteiger partial charge in [0.25, 0.3) is 0 Å². The first-order chi connectivity index (χ1) is 11.9. The van der Waals surface area contributed by atoms with E-state index in [2.05, 4.69) is 0 Å². The molecule has 9 nitrogen and oxygen atoms in total. The van der Waals surface area contributed by atoms with Crippen molar-refractivity contribution in [2.75, 3.05) is 39.6 Å². The van der Waals surface area contributed by atoms with Crippen molar-refractivity contribution in [3.8, 4) is 0 Å². The monoisotopic (exact) mass is 364 g/mol. The van der Waals surface area contributed by atoms with Crippen LogP contribution in [0.15, 0.2) is 0 Å². The lowest BCUT2D eigenvalue weighted by atomic mass is 9.94. The van der Waals surface area contributed by atoms with E-state index in [0.717, 1.165) is 0 Å². The van der Waals surface area contributed by atoms with Crippen molar-refractivity contribution in [1.82, 2.24) is 0 Å². The van der Waals surface area contributed by atoms with E-state index in [9.17, 15) is 14.4 Å². The predicted molar refractivity (Wildman–Crippen MR) is 85.3 cm³/mol. The molecule has 0 heterocycles. The fourth-order valence-corrected chi connectivity index (χ4v) is 1.64. The summed E-state index contributed by atoms with van der Waals surface area (Å²) in [6, 6.07) is 0. The number of rotatable bonds is 14. The molecule has 0 atom stereocenters. The van der Waals surface area contributed by atoms with Crippen LogP contribution in [0.4, 0.5) is 0 Å². The minimum Gasteiger partial charge on any atom is -0.465 e. The molecule has 0 rings (SSSR count). The van der Waals surface area contributed by atoms with E-state index in [4.69, 9.17) is 29.5 Å². The third-order valence-electron chi connectivity index (χ3n) is 3.14. The molecule has 0 aliphatic rings. The molecule has 0 amide bonds. The van der Waals surface area contributed by atoms with Crippen molar-refractivity contribution >= 4 is 17.9 Å². The number of esters is 3. The van der Waals surface area contributed by atoms with Crippen LogP contribution in [-0.2, 0) is 28.6 Å². The van der Waals surface area contributed by atoms with Crippen LogP contribution in [0.2, 0.25) is 0 Å². The van der Waals surface area contributed by atoms with Crippen molar-refractivity contribution in [3.63, 3.8) is 0 Å². The highest BCUT2D eigenvalue weighted by Crippen LogP contribution is 2.20. The van der Waals surface area contributed by atoms with Crippen LogP contribution < -0.4 is 0 Å². The van der Waals surface area contributed by atoms with E-state index >= 15 is 0 Å². The highest BCUT2D eigenvalue weighted by atomic mass is 16.6. The van der Waals surface area contributed by atoms with Crippen molar-refractivity contribution in [3.05, 3.63) is 0 Å². The molecule has 146 valence electrons. The van der Waals surface area contributed by atoms with Crippen LogP contribution in [-0.4, -0.2) is 72.9 Å². The van der Waals surface area contributed by atoms with Gasteiger partial charge in [-0.05, 0) is 19.8 Å². The Bertz CT molecular complexity index is 384. The molecule has 0 aliphatic heterocycles. The third kappa shape index (κ3) is 12.3. The zero-order valence-electron chi connectivity index (χ0n) is 14.6. The van der Waals surface area contributed by atoms with Crippen LogP contribution in [0, 0.1) is 5.41 Å². The summed E-state index contributed by atoms with van der Waals surface area (Å²) in [6.07, 6.45) is 0.483. The molecule has 0 unspecified atom stereocenters. The standard InChI is InChI=1S/C16H28O9/c1-16(12-25-15(22)6-9-19,10-23-13(20)4-2-7-17)11-24-14(21)5-3-8-18/h17-19H,2-12H2,1H3. The number of carbonyl (C=O) groups is 3. The largest absolute Gasteiger partial charge is 0.465 e. The predicted octanol–water partition coefficient (Wildman–Crippen LogP) is -0.450. The quantitative estimate of drug-likeness (QED) is 0.276. The maximum atomic E-state index is 11.6. The van der Waals surface area contributed by atoms with Crippen LogP contribution in [0.5, 0.6) is 0 Å². The Hall–Kier alpha value is -1.71. The molecule has 9 heteroatoms. The summed E-state index contributed by atoms with van der Waals surface area (Å²) in [5.74, 6) is -1.66. The molecule has 0 aliphatic carbocycles. The lowest BCUT2D eigenvalue weighted by Crippen LogP contribution is -2.37. The molecular weight excluding hydrogens is 336 g/mol. The van der Waals surface area contributed by atoms with Gasteiger partial charge in [0.2, 0.25) is 0 Å². The molecule has 0 saturated heterocycles. The summed E-state index contributed by atoms with van der Waals surface area (Å²) in [4.78, 5) is 34.5. The average Bonchev–Trinajstić information content (AvgIpc) is 2.60. The number of hydrogen-bond donors (Lipinski definition) is 3. The molecule has 0 aromatic heterocycles. The van der Waals surface area contributed by atoms with Crippen molar-refractivity contribution < 1.29 is 43.9 Å². The van der Waals surface area contributed by atoms with E-state index in [-0.39, 0.29) is 71.7 Å². The molecule has 25 heavy (non-hydrogen) atoms. The Morgan fingerprint density at radius 2 is 1.04 bits per heavy atom. The zero-order valence-corrected chi connectivity index (χ0v) is 14.6. The number of aliphatic hydroxyl groups is 3. The second kappa shape index (κ2) is 13.6. The van der Waals surface area contributed by atoms with Gasteiger partial charge in [0.15, 0.2) is 0 Å². The highest BCUT2D eigenvalue weighted by molar-refractivity contribution is 5.70. The first-order valence-corrected chi connectivity index (χ1v) is 8.16. The second-order valence-corrected chi connectivity index (χ2v) is 5.92. The van der Waals surface area contributed by atoms with Crippen LogP contribution in [0.1, 0.15) is 39.0 Å². The Labute approximate surface area is 146 Å². The fraction of sp³-hybridized carbons (Fsp3) is 0.812. The summed E-state index contributed by atoms with van der Waals surface area (Å²) in [5.41, 5.74) is -0.950. The smallest absolute Gasteiger partial charge is 0.308 e. The zero-order chi connectivity index (χ0) is 19.1. The van der Waals surface area contributed by atoms with Gasteiger partial charge in [-0.15, -0.1) is 0 Å². The molecule has 0 spiro atoms. The molecule has 0 bridgehead atoms. The van der Waals surface area contributed by atoms with Crippen LogP contribution >= 0.6 is 0 Å². The number of ether oxygens (including phenoxy) is 3. The number of hydrogen-bond acceptors (Lipinski definition) is 9. The van der Waals surface area contributed by atoms with Gasteiger partial charge in [-0.25, -0.2) is 0 Å². The second-order valence-electron chi connectivity index (χ2n) is 5.92. The first-order valence-electron chi connectivity index (χ1n) is 8.16. The maximum absolute atomic E-state index is 11.6. The van der Waals surface area contributed by atoms with Crippen molar-refractivity contribution in [2.24, 2.45) is 5.41 Å². The molecule has 0 aromatic carbocycles. The SMILES string of the molecule is CC(COC(=O)CCO)(COC(=O)CCCO)COC(=O)CCCO. The molecule has 3 N–H and O–H groups in total. The Balaban J connectivity index is 4.58. The molecule has 0 radical (unpaired) electrons. The van der Waals surface area contributed by atoms with Gasteiger partial charge >= 0.3 is 17.9 Å². The summed E-state index contributed by atoms with van der Waals surface area (Å²) in [6.45, 7) is 0.571. The van der Waals surface area contributed by atoms with E-state index in [1.807, 2.05) is 0 Å². The van der Waals surface area contributed by atoms with Crippen molar-refractivity contribution in [1.29, 1.82) is 0 Å². The van der Waals surface area contributed by atoms with E-state index < -0.39 is 23.3 Å². The van der Waals surface area contributed by atoms with Gasteiger partial charge in [-0.2, -0.15) is 0 Å². The Kier molecular flexibility index (Phi) is 12.6. The highest BCUT2D eigenvalue weighted by Gasteiger charge is 2.30. The molecule has 0 saturated carbocycles. The van der Waals surface area contributed by atoms with Gasteiger partial charge in [0, 0.05) is 26.1 Å².